The summed E-state index contributed by atoms with van der Waals surface area (Å²) in [4.78, 5) is 28.5. The van der Waals surface area contributed by atoms with Gasteiger partial charge in [0.05, 0.1) is 33.3 Å². The summed E-state index contributed by atoms with van der Waals surface area (Å²) in [6.07, 6.45) is 5.50. The van der Waals surface area contributed by atoms with Crippen molar-refractivity contribution < 1.29 is 0 Å². The molecule has 0 bridgehead atoms. The zero-order valence-electron chi connectivity index (χ0n) is 26.7. The van der Waals surface area contributed by atoms with Crippen molar-refractivity contribution in [2.45, 2.75) is 0 Å². The summed E-state index contributed by atoms with van der Waals surface area (Å²) < 4.78 is 0. The van der Waals surface area contributed by atoms with Crippen LogP contribution in [0.3, 0.4) is 0 Å². The van der Waals surface area contributed by atoms with Crippen LogP contribution in [0, 0.1) is 0 Å². The Morgan fingerprint density at radius 3 is 1.78 bits per heavy atom. The quantitative estimate of drug-likeness (QED) is 0.179. The molecule has 0 saturated carbocycles. The average molecular weight is 639 g/mol. The van der Waals surface area contributed by atoms with Gasteiger partial charge >= 0.3 is 0 Å². The smallest absolute Gasteiger partial charge is 0.178 e. The number of aromatic nitrogens is 6. The molecule has 0 saturated heterocycles. The number of hydrogen-bond donors (Lipinski definition) is 0. The summed E-state index contributed by atoms with van der Waals surface area (Å²) in [5, 5.41) is 5.34. The molecule has 0 fully saturated rings. The molecule has 6 nitrogen and oxygen atoms in total. The highest BCUT2D eigenvalue weighted by atomic mass is 14.9. The molecule has 5 aromatic heterocycles. The number of rotatable bonds is 4. The first-order valence-corrected chi connectivity index (χ1v) is 16.5. The minimum atomic E-state index is 0.626. The van der Waals surface area contributed by atoms with Crippen molar-refractivity contribution in [3.05, 3.63) is 158 Å². The molecule has 0 aliphatic carbocycles. The Hall–Kier alpha value is -6.92. The molecule has 0 N–H and O–H groups in total. The number of fused-ring (bicyclic) bond motifs is 6. The van der Waals surface area contributed by atoms with Gasteiger partial charge in [0, 0.05) is 51.1 Å². The van der Waals surface area contributed by atoms with Gasteiger partial charge in [-0.3, -0.25) is 9.97 Å². The molecule has 0 aliphatic rings. The molecule has 10 rings (SSSR count). The Kier molecular flexibility index (Phi) is 6.39. The maximum atomic E-state index is 5.04. The van der Waals surface area contributed by atoms with Crippen molar-refractivity contribution in [1.82, 2.24) is 29.9 Å². The highest BCUT2D eigenvalue weighted by Crippen LogP contribution is 2.35. The van der Waals surface area contributed by atoms with Crippen LogP contribution in [0.25, 0.3) is 99.5 Å². The van der Waals surface area contributed by atoms with Crippen LogP contribution < -0.4 is 0 Å². The maximum Gasteiger partial charge on any atom is 0.178 e. The fourth-order valence-electron chi connectivity index (χ4n) is 6.83. The lowest BCUT2D eigenvalue weighted by Gasteiger charge is -2.11. The van der Waals surface area contributed by atoms with E-state index in [2.05, 4.69) is 112 Å². The fraction of sp³-hybridized carbons (Fsp3) is 0. The van der Waals surface area contributed by atoms with Gasteiger partial charge in [-0.25, -0.2) is 19.9 Å². The molecule has 5 heterocycles. The number of nitrogens with zero attached hydrogens (tertiary/aromatic N) is 6. The van der Waals surface area contributed by atoms with Crippen molar-refractivity contribution in [1.29, 1.82) is 0 Å². The first-order valence-electron chi connectivity index (χ1n) is 16.5. The Bertz CT molecular complexity index is 2940. The van der Waals surface area contributed by atoms with Crippen LogP contribution in [0.5, 0.6) is 0 Å². The zero-order valence-corrected chi connectivity index (χ0v) is 26.7. The Balaban J connectivity index is 0.936. The van der Waals surface area contributed by atoms with E-state index in [4.69, 9.17) is 15.0 Å². The summed E-state index contributed by atoms with van der Waals surface area (Å²) in [6.45, 7) is 0. The Morgan fingerprint density at radius 1 is 0.360 bits per heavy atom. The van der Waals surface area contributed by atoms with Gasteiger partial charge in [-0.1, -0.05) is 78.9 Å². The molecule has 0 atom stereocenters. The second-order valence-corrected chi connectivity index (χ2v) is 12.4. The molecule has 0 amide bonds. The SMILES string of the molecule is c1ccc2nc(-c3ccc4cc(-c5ccc6nc(-c7ccc(-c8cc9cccnc9c9ncccc89)cc7)ccc6c5)ccc4n3)ncc2c1. The van der Waals surface area contributed by atoms with Gasteiger partial charge in [0.1, 0.15) is 5.69 Å². The van der Waals surface area contributed by atoms with Gasteiger partial charge in [0.25, 0.3) is 0 Å². The van der Waals surface area contributed by atoms with Gasteiger partial charge in [-0.2, -0.15) is 0 Å². The van der Waals surface area contributed by atoms with Crippen molar-refractivity contribution in [2.75, 3.05) is 0 Å². The highest BCUT2D eigenvalue weighted by Gasteiger charge is 2.12. The predicted molar refractivity (Wildman–Crippen MR) is 202 cm³/mol. The molecular formula is C44H26N6. The second-order valence-electron chi connectivity index (χ2n) is 12.4. The van der Waals surface area contributed by atoms with Crippen molar-refractivity contribution in [3.63, 3.8) is 0 Å². The average Bonchev–Trinajstić information content (AvgIpc) is 3.19. The van der Waals surface area contributed by atoms with E-state index in [9.17, 15) is 0 Å². The third-order valence-corrected chi connectivity index (χ3v) is 9.38. The molecule has 232 valence electrons. The van der Waals surface area contributed by atoms with Gasteiger partial charge in [-0.15, -0.1) is 0 Å². The third-order valence-electron chi connectivity index (χ3n) is 9.38. The second kappa shape index (κ2) is 11.4. The standard InChI is InChI=1S/C44H26N6/c1-2-8-37-34(5-1)26-47-44(50-37)41-20-16-32-24-30(14-18-40(32)49-41)29-13-17-39-31(23-29)15-19-38(48-39)28-11-9-27(10-12-28)36-25-33-6-3-21-45-42(33)43-35(36)7-4-22-46-43/h1-26H. The number of para-hydroxylation sites is 1. The predicted octanol–water partition coefficient (Wildman–Crippen LogP) is 10.5. The first-order chi connectivity index (χ1) is 24.7. The van der Waals surface area contributed by atoms with Gasteiger partial charge in [-0.05, 0) is 82.9 Å². The molecule has 0 radical (unpaired) electrons. The summed E-state index contributed by atoms with van der Waals surface area (Å²) in [6, 6.07) is 48.1. The molecule has 0 aliphatic heterocycles. The third kappa shape index (κ3) is 4.81. The molecule has 10 aromatic rings. The fourth-order valence-corrected chi connectivity index (χ4v) is 6.83. The van der Waals surface area contributed by atoms with Crippen LogP contribution >= 0.6 is 0 Å². The van der Waals surface area contributed by atoms with E-state index in [0.717, 1.165) is 93.7 Å². The minimum Gasteiger partial charge on any atom is -0.254 e. The van der Waals surface area contributed by atoms with E-state index >= 15 is 0 Å². The lowest BCUT2D eigenvalue weighted by atomic mass is 9.96. The molecule has 0 spiro atoms. The summed E-state index contributed by atoms with van der Waals surface area (Å²) in [7, 11) is 0. The first kappa shape index (κ1) is 28.1. The monoisotopic (exact) mass is 638 g/mol. The molecule has 0 unspecified atom stereocenters. The van der Waals surface area contributed by atoms with Crippen molar-refractivity contribution in [2.24, 2.45) is 0 Å². The van der Waals surface area contributed by atoms with Crippen LogP contribution in [0.2, 0.25) is 0 Å². The van der Waals surface area contributed by atoms with Gasteiger partial charge < -0.3 is 0 Å². The molecule has 6 heteroatoms. The summed E-state index contributed by atoms with van der Waals surface area (Å²) >= 11 is 0. The van der Waals surface area contributed by atoms with E-state index in [0.29, 0.717) is 5.82 Å². The topological polar surface area (TPSA) is 77.3 Å². The molecule has 50 heavy (non-hydrogen) atoms. The van der Waals surface area contributed by atoms with Crippen molar-refractivity contribution >= 4 is 54.5 Å². The highest BCUT2D eigenvalue weighted by molar-refractivity contribution is 6.10. The van der Waals surface area contributed by atoms with Crippen LogP contribution in [0.4, 0.5) is 0 Å². The van der Waals surface area contributed by atoms with Crippen LogP contribution in [-0.2, 0) is 0 Å². The normalized spacial score (nSPS) is 11.6. The van der Waals surface area contributed by atoms with E-state index in [-0.39, 0.29) is 0 Å². The number of pyridine rings is 4. The number of benzene rings is 5. The van der Waals surface area contributed by atoms with Gasteiger partial charge in [0.15, 0.2) is 5.82 Å². The summed E-state index contributed by atoms with van der Waals surface area (Å²) in [5.74, 6) is 0.626. The lowest BCUT2D eigenvalue weighted by molar-refractivity contribution is 1.19. The zero-order chi connectivity index (χ0) is 33.0. The Morgan fingerprint density at radius 2 is 0.980 bits per heavy atom. The van der Waals surface area contributed by atoms with E-state index in [1.54, 1.807) is 0 Å². The number of hydrogen-bond acceptors (Lipinski definition) is 6. The van der Waals surface area contributed by atoms with Gasteiger partial charge in [0.2, 0.25) is 0 Å². The maximum absolute atomic E-state index is 5.04. The minimum absolute atomic E-state index is 0.626. The van der Waals surface area contributed by atoms with Crippen LogP contribution in [0.1, 0.15) is 0 Å². The van der Waals surface area contributed by atoms with Crippen LogP contribution in [-0.4, -0.2) is 29.9 Å². The van der Waals surface area contributed by atoms with E-state index in [1.807, 2.05) is 61.1 Å². The van der Waals surface area contributed by atoms with E-state index < -0.39 is 0 Å². The largest absolute Gasteiger partial charge is 0.254 e. The van der Waals surface area contributed by atoms with E-state index in [1.165, 1.54) is 0 Å². The molecule has 5 aromatic carbocycles. The van der Waals surface area contributed by atoms with Crippen LogP contribution in [0.15, 0.2) is 158 Å². The lowest BCUT2D eigenvalue weighted by Crippen LogP contribution is -1.93. The molecular weight excluding hydrogens is 613 g/mol. The summed E-state index contributed by atoms with van der Waals surface area (Å²) in [5.41, 5.74) is 11.9. The Labute approximate surface area is 286 Å². The van der Waals surface area contributed by atoms with Crippen molar-refractivity contribution in [3.8, 4) is 45.0 Å².